The fourth-order valence-corrected chi connectivity index (χ4v) is 2.47. The molecular formula is C13H21Cl2N3O2S. The fraction of sp³-hybridized carbons (Fsp3) is 0.538. The van der Waals surface area contributed by atoms with Crippen molar-refractivity contribution in [1.82, 2.24) is 4.98 Å². The number of thioether (sulfide) groups is 1. The van der Waals surface area contributed by atoms with Gasteiger partial charge in [0.25, 0.3) is 0 Å². The third-order valence-corrected chi connectivity index (χ3v) is 4.25. The number of hydrogen-bond donors (Lipinski definition) is 2. The van der Waals surface area contributed by atoms with Crippen LogP contribution in [0.5, 0.6) is 0 Å². The van der Waals surface area contributed by atoms with E-state index in [1.165, 1.54) is 0 Å². The Hall–Kier alpha value is -0.530. The van der Waals surface area contributed by atoms with Gasteiger partial charge in [-0.05, 0) is 31.2 Å². The Labute approximate surface area is 141 Å². The van der Waals surface area contributed by atoms with Crippen LogP contribution in [0.1, 0.15) is 12.8 Å². The largest absolute Gasteiger partial charge is 0.381 e. The van der Waals surface area contributed by atoms with Crippen LogP contribution in [0.3, 0.4) is 0 Å². The van der Waals surface area contributed by atoms with Gasteiger partial charge in [-0.2, -0.15) is 0 Å². The Morgan fingerprint density at radius 2 is 2.10 bits per heavy atom. The number of aromatic nitrogens is 1. The highest BCUT2D eigenvalue weighted by Crippen LogP contribution is 2.30. The standard InChI is InChI=1S/C13H19N3O2S.2ClH/c1-19-10-2-3-11(15-8-10)16-12(17)13(9-14)4-6-18-7-5-13;;/h2-3,8H,4-7,9,14H2,1H3,(H,15,16,17);2*1H. The van der Waals surface area contributed by atoms with E-state index in [0.29, 0.717) is 38.4 Å². The van der Waals surface area contributed by atoms with Gasteiger partial charge in [0.1, 0.15) is 5.82 Å². The Morgan fingerprint density at radius 1 is 1.43 bits per heavy atom. The summed E-state index contributed by atoms with van der Waals surface area (Å²) >= 11 is 1.62. The molecule has 8 heteroatoms. The molecule has 1 saturated heterocycles. The molecule has 0 radical (unpaired) electrons. The molecule has 0 aromatic carbocycles. The van der Waals surface area contributed by atoms with Gasteiger partial charge in [-0.3, -0.25) is 4.79 Å². The molecule has 21 heavy (non-hydrogen) atoms. The molecule has 1 amide bonds. The van der Waals surface area contributed by atoms with Crippen molar-refractivity contribution in [3.05, 3.63) is 18.3 Å². The molecule has 0 bridgehead atoms. The van der Waals surface area contributed by atoms with E-state index in [1.807, 2.05) is 18.4 Å². The third-order valence-electron chi connectivity index (χ3n) is 3.54. The summed E-state index contributed by atoms with van der Waals surface area (Å²) in [5, 5.41) is 2.86. The number of carbonyl (C=O) groups is 1. The van der Waals surface area contributed by atoms with Gasteiger partial charge in [-0.25, -0.2) is 4.98 Å². The number of nitrogens with zero attached hydrogens (tertiary/aromatic N) is 1. The fourth-order valence-electron chi connectivity index (χ4n) is 2.11. The predicted molar refractivity (Wildman–Crippen MR) is 90.7 cm³/mol. The average molecular weight is 354 g/mol. The van der Waals surface area contributed by atoms with E-state index in [0.717, 1.165) is 4.90 Å². The van der Waals surface area contributed by atoms with Gasteiger partial charge in [0.15, 0.2) is 0 Å². The maximum absolute atomic E-state index is 12.4. The first kappa shape index (κ1) is 20.5. The van der Waals surface area contributed by atoms with Crippen LogP contribution in [0.4, 0.5) is 5.82 Å². The molecule has 2 heterocycles. The number of halogens is 2. The highest BCUT2D eigenvalue weighted by molar-refractivity contribution is 7.98. The van der Waals surface area contributed by atoms with E-state index < -0.39 is 5.41 Å². The van der Waals surface area contributed by atoms with Crippen molar-refractivity contribution in [3.63, 3.8) is 0 Å². The van der Waals surface area contributed by atoms with E-state index in [9.17, 15) is 4.79 Å². The summed E-state index contributed by atoms with van der Waals surface area (Å²) in [6.07, 6.45) is 5.07. The molecule has 120 valence electrons. The maximum Gasteiger partial charge on any atom is 0.233 e. The number of hydrogen-bond acceptors (Lipinski definition) is 5. The maximum atomic E-state index is 12.4. The second-order valence-corrected chi connectivity index (χ2v) is 5.51. The molecule has 1 aliphatic heterocycles. The first-order valence-corrected chi connectivity index (χ1v) is 7.52. The summed E-state index contributed by atoms with van der Waals surface area (Å²) in [6.45, 7) is 1.51. The van der Waals surface area contributed by atoms with Crippen LogP contribution < -0.4 is 11.1 Å². The summed E-state index contributed by atoms with van der Waals surface area (Å²) in [5.41, 5.74) is 5.28. The second kappa shape index (κ2) is 9.48. The van der Waals surface area contributed by atoms with Crippen LogP contribution in [0.2, 0.25) is 0 Å². The molecule has 0 unspecified atom stereocenters. The lowest BCUT2D eigenvalue weighted by Gasteiger charge is -2.34. The predicted octanol–water partition coefficient (Wildman–Crippen LogP) is 2.34. The summed E-state index contributed by atoms with van der Waals surface area (Å²) in [6, 6.07) is 3.75. The molecular weight excluding hydrogens is 333 g/mol. The van der Waals surface area contributed by atoms with Crippen molar-refractivity contribution in [1.29, 1.82) is 0 Å². The quantitative estimate of drug-likeness (QED) is 0.812. The van der Waals surface area contributed by atoms with E-state index >= 15 is 0 Å². The molecule has 0 spiro atoms. The zero-order valence-corrected chi connectivity index (χ0v) is 14.3. The topological polar surface area (TPSA) is 77.2 Å². The van der Waals surface area contributed by atoms with Crippen molar-refractivity contribution in [3.8, 4) is 0 Å². The summed E-state index contributed by atoms with van der Waals surface area (Å²) < 4.78 is 5.30. The number of rotatable bonds is 4. The van der Waals surface area contributed by atoms with Gasteiger partial charge < -0.3 is 15.8 Å². The number of nitrogens with one attached hydrogen (secondary N) is 1. The molecule has 0 atom stereocenters. The van der Waals surface area contributed by atoms with Gasteiger partial charge in [-0.15, -0.1) is 36.6 Å². The normalized spacial score (nSPS) is 16.3. The summed E-state index contributed by atoms with van der Waals surface area (Å²) in [7, 11) is 0. The van der Waals surface area contributed by atoms with Crippen LogP contribution in [0.25, 0.3) is 0 Å². The number of anilines is 1. The number of ether oxygens (including phenoxy) is 1. The summed E-state index contributed by atoms with van der Waals surface area (Å²) in [5.74, 6) is 0.518. The van der Waals surface area contributed by atoms with Crippen LogP contribution in [0, 0.1) is 5.41 Å². The number of carbonyl (C=O) groups excluding carboxylic acids is 1. The molecule has 1 aliphatic rings. The molecule has 1 fully saturated rings. The van der Waals surface area contributed by atoms with E-state index in [2.05, 4.69) is 10.3 Å². The van der Waals surface area contributed by atoms with Crippen molar-refractivity contribution >= 4 is 48.3 Å². The summed E-state index contributed by atoms with van der Waals surface area (Å²) in [4.78, 5) is 17.7. The zero-order chi connectivity index (χ0) is 13.7. The minimum atomic E-state index is -0.516. The van der Waals surface area contributed by atoms with Gasteiger partial charge in [0, 0.05) is 30.9 Å². The van der Waals surface area contributed by atoms with Gasteiger partial charge >= 0.3 is 0 Å². The Kier molecular flexibility index (Phi) is 9.24. The van der Waals surface area contributed by atoms with E-state index in [1.54, 1.807) is 18.0 Å². The zero-order valence-electron chi connectivity index (χ0n) is 11.8. The Balaban J connectivity index is 0.00000200. The highest BCUT2D eigenvalue weighted by Gasteiger charge is 2.38. The Morgan fingerprint density at radius 3 is 2.57 bits per heavy atom. The number of amides is 1. The van der Waals surface area contributed by atoms with Gasteiger partial charge in [-0.1, -0.05) is 0 Å². The lowest BCUT2D eigenvalue weighted by atomic mass is 9.79. The SMILES string of the molecule is CSc1ccc(NC(=O)C2(CN)CCOCC2)nc1.Cl.Cl. The average Bonchev–Trinajstić information content (AvgIpc) is 2.48. The van der Waals surface area contributed by atoms with Crippen LogP contribution in [0.15, 0.2) is 23.2 Å². The molecule has 2 rings (SSSR count). The Bertz CT molecular complexity index is 440. The first-order valence-electron chi connectivity index (χ1n) is 6.29. The van der Waals surface area contributed by atoms with E-state index in [-0.39, 0.29) is 30.7 Å². The molecule has 3 N–H and O–H groups in total. The molecule has 5 nitrogen and oxygen atoms in total. The van der Waals surface area contributed by atoms with E-state index in [4.69, 9.17) is 10.5 Å². The number of nitrogens with two attached hydrogens (primary N) is 1. The van der Waals surface area contributed by atoms with Crippen LogP contribution >= 0.6 is 36.6 Å². The van der Waals surface area contributed by atoms with Gasteiger partial charge in [0.05, 0.1) is 5.41 Å². The number of pyridine rings is 1. The smallest absolute Gasteiger partial charge is 0.233 e. The minimum Gasteiger partial charge on any atom is -0.381 e. The first-order chi connectivity index (χ1) is 9.20. The molecule has 1 aromatic heterocycles. The molecule has 0 saturated carbocycles. The van der Waals surface area contributed by atoms with Crippen molar-refractivity contribution in [2.45, 2.75) is 17.7 Å². The van der Waals surface area contributed by atoms with Crippen LogP contribution in [-0.4, -0.2) is 36.9 Å². The van der Waals surface area contributed by atoms with Crippen LogP contribution in [-0.2, 0) is 9.53 Å². The lowest BCUT2D eigenvalue weighted by molar-refractivity contribution is -0.130. The van der Waals surface area contributed by atoms with Crippen molar-refractivity contribution in [2.75, 3.05) is 31.3 Å². The molecule has 0 aliphatic carbocycles. The monoisotopic (exact) mass is 353 g/mol. The van der Waals surface area contributed by atoms with Crippen molar-refractivity contribution < 1.29 is 9.53 Å². The molecule has 1 aromatic rings. The van der Waals surface area contributed by atoms with Gasteiger partial charge in [0.2, 0.25) is 5.91 Å². The highest BCUT2D eigenvalue weighted by atomic mass is 35.5. The third kappa shape index (κ3) is 5.00. The van der Waals surface area contributed by atoms with Crippen molar-refractivity contribution in [2.24, 2.45) is 11.1 Å². The second-order valence-electron chi connectivity index (χ2n) is 4.63. The lowest BCUT2D eigenvalue weighted by Crippen LogP contribution is -2.46. The minimum absolute atomic E-state index is 0.